The van der Waals surface area contributed by atoms with Crippen molar-refractivity contribution in [2.24, 2.45) is 0 Å². The van der Waals surface area contributed by atoms with E-state index in [4.69, 9.17) is 9.47 Å². The van der Waals surface area contributed by atoms with Gasteiger partial charge in [0.25, 0.3) is 0 Å². The molecule has 9 heteroatoms. The van der Waals surface area contributed by atoms with Gasteiger partial charge in [-0.2, -0.15) is 0 Å². The zero-order valence-electron chi connectivity index (χ0n) is 17.8. The van der Waals surface area contributed by atoms with Gasteiger partial charge >= 0.3 is 6.09 Å². The molecule has 0 radical (unpaired) electrons. The minimum absolute atomic E-state index is 0.103. The van der Waals surface area contributed by atoms with Crippen molar-refractivity contribution in [2.75, 3.05) is 32.8 Å². The topological polar surface area (TPSA) is 101 Å². The second-order valence-electron chi connectivity index (χ2n) is 8.54. The van der Waals surface area contributed by atoms with E-state index in [0.29, 0.717) is 45.7 Å². The SMILES string of the molecule is CC(C)(C)OC(=O)N[C@H]1CCN([C@@H](Cc2cccnc2)C(=O)N2CCOCC2)C1=O. The summed E-state index contributed by atoms with van der Waals surface area (Å²) in [6.45, 7) is 7.67. The number of carbonyl (C=O) groups is 3. The van der Waals surface area contributed by atoms with Crippen LogP contribution in [0.15, 0.2) is 24.5 Å². The van der Waals surface area contributed by atoms with Gasteiger partial charge in [-0.3, -0.25) is 14.6 Å². The maximum atomic E-state index is 13.3. The van der Waals surface area contributed by atoms with Gasteiger partial charge in [-0.05, 0) is 38.8 Å². The number of alkyl carbamates (subject to hydrolysis) is 1. The molecule has 3 heterocycles. The highest BCUT2D eigenvalue weighted by atomic mass is 16.6. The Morgan fingerprint density at radius 1 is 1.30 bits per heavy atom. The van der Waals surface area contributed by atoms with Gasteiger partial charge < -0.3 is 24.6 Å². The molecule has 2 saturated heterocycles. The van der Waals surface area contributed by atoms with E-state index in [1.54, 1.807) is 43.0 Å². The lowest BCUT2D eigenvalue weighted by Crippen LogP contribution is -2.54. The van der Waals surface area contributed by atoms with Crippen LogP contribution in [0.4, 0.5) is 4.79 Å². The summed E-state index contributed by atoms with van der Waals surface area (Å²) in [5.74, 6) is -0.371. The standard InChI is InChI=1S/C21H30N4O5/c1-21(2,3)30-20(28)23-16-6-8-25(18(16)26)17(13-15-5-4-7-22-14-15)19(27)24-9-11-29-12-10-24/h4-5,7,14,16-17H,6,8-13H2,1-3H3,(H,23,28)/t16-,17-/m0/s1. The highest BCUT2D eigenvalue weighted by Crippen LogP contribution is 2.21. The molecule has 0 aliphatic carbocycles. The van der Waals surface area contributed by atoms with Crippen LogP contribution in [-0.2, 0) is 25.5 Å². The fourth-order valence-corrected chi connectivity index (χ4v) is 3.66. The molecular formula is C21H30N4O5. The van der Waals surface area contributed by atoms with Crippen LogP contribution >= 0.6 is 0 Å². The first-order valence-corrected chi connectivity index (χ1v) is 10.3. The Balaban J connectivity index is 1.73. The van der Waals surface area contributed by atoms with E-state index in [1.807, 2.05) is 12.1 Å². The Labute approximate surface area is 176 Å². The van der Waals surface area contributed by atoms with Crippen LogP contribution in [-0.4, -0.2) is 83.2 Å². The Hall–Kier alpha value is -2.68. The molecule has 0 bridgehead atoms. The summed E-state index contributed by atoms with van der Waals surface area (Å²) < 4.78 is 10.6. The molecule has 0 saturated carbocycles. The van der Waals surface area contributed by atoms with Crippen molar-refractivity contribution in [1.29, 1.82) is 0 Å². The van der Waals surface area contributed by atoms with Crippen molar-refractivity contribution >= 4 is 17.9 Å². The Bertz CT molecular complexity index is 758. The van der Waals surface area contributed by atoms with E-state index < -0.39 is 23.8 Å². The molecule has 30 heavy (non-hydrogen) atoms. The third-order valence-corrected chi connectivity index (χ3v) is 5.07. The van der Waals surface area contributed by atoms with Crippen molar-refractivity contribution in [3.63, 3.8) is 0 Å². The number of hydrogen-bond acceptors (Lipinski definition) is 6. The maximum absolute atomic E-state index is 13.3. The lowest BCUT2D eigenvalue weighted by atomic mass is 10.0. The Morgan fingerprint density at radius 2 is 2.03 bits per heavy atom. The van der Waals surface area contributed by atoms with E-state index in [-0.39, 0.29) is 11.8 Å². The van der Waals surface area contributed by atoms with Crippen LogP contribution in [0.2, 0.25) is 0 Å². The predicted molar refractivity (Wildman–Crippen MR) is 109 cm³/mol. The highest BCUT2D eigenvalue weighted by molar-refractivity contribution is 5.93. The first-order valence-electron chi connectivity index (χ1n) is 10.3. The summed E-state index contributed by atoms with van der Waals surface area (Å²) in [4.78, 5) is 45.9. The molecule has 2 aliphatic rings. The van der Waals surface area contributed by atoms with Crippen molar-refractivity contribution in [3.8, 4) is 0 Å². The quantitative estimate of drug-likeness (QED) is 0.765. The van der Waals surface area contributed by atoms with Gasteiger partial charge in [-0.25, -0.2) is 4.79 Å². The molecule has 9 nitrogen and oxygen atoms in total. The van der Waals surface area contributed by atoms with Crippen LogP contribution in [0.5, 0.6) is 0 Å². The predicted octanol–water partition coefficient (Wildman–Crippen LogP) is 0.977. The minimum atomic E-state index is -0.700. The average molecular weight is 418 g/mol. The maximum Gasteiger partial charge on any atom is 0.408 e. The van der Waals surface area contributed by atoms with Crippen molar-refractivity contribution < 1.29 is 23.9 Å². The number of nitrogens with one attached hydrogen (secondary N) is 1. The van der Waals surface area contributed by atoms with Gasteiger partial charge in [-0.1, -0.05) is 6.07 Å². The van der Waals surface area contributed by atoms with Gasteiger partial charge in [0.15, 0.2) is 0 Å². The molecule has 1 N–H and O–H groups in total. The van der Waals surface area contributed by atoms with Crippen LogP contribution in [0.1, 0.15) is 32.8 Å². The summed E-state index contributed by atoms with van der Waals surface area (Å²) in [6.07, 6.45) is 3.54. The zero-order chi connectivity index (χ0) is 21.7. The number of rotatable bonds is 5. The number of carbonyl (C=O) groups excluding carboxylic acids is 3. The molecule has 2 fully saturated rings. The second kappa shape index (κ2) is 9.42. The highest BCUT2D eigenvalue weighted by Gasteiger charge is 2.41. The van der Waals surface area contributed by atoms with Crippen LogP contribution in [0.3, 0.4) is 0 Å². The molecule has 0 spiro atoms. The van der Waals surface area contributed by atoms with Gasteiger partial charge in [0.05, 0.1) is 13.2 Å². The number of likely N-dealkylation sites (tertiary alicyclic amines) is 1. The molecule has 0 unspecified atom stereocenters. The van der Waals surface area contributed by atoms with Gasteiger partial charge in [0.1, 0.15) is 17.7 Å². The monoisotopic (exact) mass is 418 g/mol. The lowest BCUT2D eigenvalue weighted by Gasteiger charge is -2.34. The number of nitrogens with zero attached hydrogens (tertiary/aromatic N) is 3. The molecule has 164 valence electrons. The van der Waals surface area contributed by atoms with E-state index >= 15 is 0 Å². The molecule has 3 rings (SSSR count). The number of aromatic nitrogens is 1. The largest absolute Gasteiger partial charge is 0.444 e. The fourth-order valence-electron chi connectivity index (χ4n) is 3.66. The van der Waals surface area contributed by atoms with Crippen LogP contribution < -0.4 is 5.32 Å². The molecule has 0 aromatic carbocycles. The first-order chi connectivity index (χ1) is 14.2. The average Bonchev–Trinajstić information content (AvgIpc) is 3.05. The number of morpholine rings is 1. The molecular weight excluding hydrogens is 388 g/mol. The molecule has 3 amide bonds. The van der Waals surface area contributed by atoms with E-state index in [9.17, 15) is 14.4 Å². The van der Waals surface area contributed by atoms with E-state index in [1.165, 1.54) is 0 Å². The smallest absolute Gasteiger partial charge is 0.408 e. The lowest BCUT2D eigenvalue weighted by molar-refractivity contribution is -0.146. The summed E-state index contributed by atoms with van der Waals surface area (Å²) in [5.41, 5.74) is 0.223. The number of amides is 3. The van der Waals surface area contributed by atoms with Gasteiger partial charge in [-0.15, -0.1) is 0 Å². The summed E-state index contributed by atoms with van der Waals surface area (Å²) in [7, 11) is 0. The third kappa shape index (κ3) is 5.69. The normalized spacial score (nSPS) is 20.8. The number of hydrogen-bond donors (Lipinski definition) is 1. The van der Waals surface area contributed by atoms with Crippen molar-refractivity contribution in [1.82, 2.24) is 20.1 Å². The van der Waals surface area contributed by atoms with Crippen LogP contribution in [0, 0.1) is 0 Å². The van der Waals surface area contributed by atoms with E-state index in [2.05, 4.69) is 10.3 Å². The number of ether oxygens (including phenoxy) is 2. The van der Waals surface area contributed by atoms with E-state index in [0.717, 1.165) is 5.56 Å². The summed E-state index contributed by atoms with van der Waals surface area (Å²) in [5, 5.41) is 2.64. The van der Waals surface area contributed by atoms with Crippen molar-refractivity contribution in [3.05, 3.63) is 30.1 Å². The summed E-state index contributed by atoms with van der Waals surface area (Å²) >= 11 is 0. The zero-order valence-corrected chi connectivity index (χ0v) is 17.8. The molecule has 1 aromatic rings. The molecule has 1 aromatic heterocycles. The number of pyridine rings is 1. The molecule has 2 atom stereocenters. The fraction of sp³-hybridized carbons (Fsp3) is 0.619. The Morgan fingerprint density at radius 3 is 2.67 bits per heavy atom. The van der Waals surface area contributed by atoms with Crippen molar-refractivity contribution in [2.45, 2.75) is 51.3 Å². The van der Waals surface area contributed by atoms with Gasteiger partial charge in [0, 0.05) is 38.4 Å². The second-order valence-corrected chi connectivity index (χ2v) is 8.54. The molecule has 2 aliphatic heterocycles. The first kappa shape index (κ1) is 22.0. The minimum Gasteiger partial charge on any atom is -0.444 e. The summed E-state index contributed by atoms with van der Waals surface area (Å²) in [6, 6.07) is 2.35. The third-order valence-electron chi connectivity index (χ3n) is 5.07. The Kier molecular flexibility index (Phi) is 6.91. The van der Waals surface area contributed by atoms with Crippen LogP contribution in [0.25, 0.3) is 0 Å². The van der Waals surface area contributed by atoms with Gasteiger partial charge in [0.2, 0.25) is 11.8 Å².